The smallest absolute Gasteiger partial charge is 0.269 e. The molecule has 5 heteroatoms. The number of aryl methyl sites for hydroxylation is 1. The van der Waals surface area contributed by atoms with Gasteiger partial charge in [0, 0.05) is 12.0 Å². The first-order valence-electron chi connectivity index (χ1n) is 5.75. The second-order valence-corrected chi connectivity index (χ2v) is 4.56. The summed E-state index contributed by atoms with van der Waals surface area (Å²) in [5.74, 6) is -1.05. The van der Waals surface area contributed by atoms with Crippen molar-refractivity contribution in [1.82, 2.24) is 10.9 Å². The van der Waals surface area contributed by atoms with Crippen LogP contribution in [0, 0.1) is 18.7 Å². The van der Waals surface area contributed by atoms with Crippen LogP contribution in [0.15, 0.2) is 18.2 Å². The first-order valence-corrected chi connectivity index (χ1v) is 5.75. The summed E-state index contributed by atoms with van der Waals surface area (Å²) in [6.07, 6.45) is 0.322. The van der Waals surface area contributed by atoms with E-state index in [4.69, 9.17) is 0 Å². The predicted octanol–water partition coefficient (Wildman–Crippen LogP) is 1.94. The van der Waals surface area contributed by atoms with E-state index in [0.717, 1.165) is 6.07 Å². The summed E-state index contributed by atoms with van der Waals surface area (Å²) in [5.41, 5.74) is 5.17. The molecule has 0 saturated carbocycles. The van der Waals surface area contributed by atoms with Crippen LogP contribution in [-0.2, 0) is 4.79 Å². The van der Waals surface area contributed by atoms with E-state index in [2.05, 4.69) is 10.9 Å². The molecule has 0 atom stereocenters. The molecule has 0 spiro atoms. The minimum Gasteiger partial charge on any atom is -0.273 e. The minimum absolute atomic E-state index is 0.169. The van der Waals surface area contributed by atoms with Crippen molar-refractivity contribution in [3.63, 3.8) is 0 Å². The van der Waals surface area contributed by atoms with Crippen LogP contribution in [0.3, 0.4) is 0 Å². The molecule has 18 heavy (non-hydrogen) atoms. The Hall–Kier alpha value is -1.91. The van der Waals surface area contributed by atoms with Gasteiger partial charge in [-0.1, -0.05) is 19.9 Å². The Morgan fingerprint density at radius 1 is 1.28 bits per heavy atom. The summed E-state index contributed by atoms with van der Waals surface area (Å²) < 4.78 is 13.2. The van der Waals surface area contributed by atoms with Gasteiger partial charge in [-0.05, 0) is 30.5 Å². The molecule has 0 radical (unpaired) electrons. The van der Waals surface area contributed by atoms with Crippen molar-refractivity contribution in [3.05, 3.63) is 35.1 Å². The fourth-order valence-corrected chi connectivity index (χ4v) is 1.35. The lowest BCUT2D eigenvalue weighted by atomic mass is 10.1. The van der Waals surface area contributed by atoms with E-state index in [1.54, 1.807) is 6.92 Å². The number of carbonyl (C=O) groups is 2. The molecule has 2 N–H and O–H groups in total. The average Bonchev–Trinajstić information content (AvgIpc) is 2.28. The predicted molar refractivity (Wildman–Crippen MR) is 66.2 cm³/mol. The third-order valence-corrected chi connectivity index (χ3v) is 2.34. The molecule has 0 saturated heterocycles. The van der Waals surface area contributed by atoms with E-state index in [1.807, 2.05) is 13.8 Å². The summed E-state index contributed by atoms with van der Waals surface area (Å²) in [4.78, 5) is 22.9. The van der Waals surface area contributed by atoms with Crippen molar-refractivity contribution in [3.8, 4) is 0 Å². The highest BCUT2D eigenvalue weighted by Crippen LogP contribution is 2.08. The van der Waals surface area contributed by atoms with Gasteiger partial charge in [-0.2, -0.15) is 0 Å². The number of hydrogen-bond donors (Lipinski definition) is 2. The molecule has 98 valence electrons. The lowest BCUT2D eigenvalue weighted by Gasteiger charge is -2.09. The number of nitrogens with one attached hydrogen (secondary N) is 2. The van der Waals surface area contributed by atoms with Crippen molar-refractivity contribution in [2.45, 2.75) is 27.2 Å². The lowest BCUT2D eigenvalue weighted by Crippen LogP contribution is -2.42. The molecular formula is C13H17FN2O2. The Morgan fingerprint density at radius 2 is 1.94 bits per heavy atom. The number of hydrogen-bond acceptors (Lipinski definition) is 2. The van der Waals surface area contributed by atoms with Crippen LogP contribution >= 0.6 is 0 Å². The minimum atomic E-state index is -0.536. The van der Waals surface area contributed by atoms with Crippen LogP contribution in [0.1, 0.15) is 36.2 Å². The molecule has 0 aliphatic heterocycles. The van der Waals surface area contributed by atoms with E-state index in [-0.39, 0.29) is 17.4 Å². The van der Waals surface area contributed by atoms with Crippen LogP contribution in [0.25, 0.3) is 0 Å². The largest absolute Gasteiger partial charge is 0.273 e. The summed E-state index contributed by atoms with van der Waals surface area (Å²) in [6.45, 7) is 5.41. The first kappa shape index (κ1) is 14.2. The van der Waals surface area contributed by atoms with Crippen molar-refractivity contribution >= 4 is 11.8 Å². The average molecular weight is 252 g/mol. The summed E-state index contributed by atoms with van der Waals surface area (Å²) in [6, 6.07) is 4.15. The molecule has 0 heterocycles. The SMILES string of the molecule is Cc1ccc(C(=O)NNC(=O)CC(C)C)cc1F. The zero-order valence-electron chi connectivity index (χ0n) is 10.7. The van der Waals surface area contributed by atoms with Gasteiger partial charge < -0.3 is 0 Å². The number of carbonyl (C=O) groups excluding carboxylic acids is 2. The van der Waals surface area contributed by atoms with Crippen LogP contribution in [0.4, 0.5) is 4.39 Å². The van der Waals surface area contributed by atoms with Crippen LogP contribution in [0.2, 0.25) is 0 Å². The van der Waals surface area contributed by atoms with E-state index >= 15 is 0 Å². The summed E-state index contributed by atoms with van der Waals surface area (Å²) in [7, 11) is 0. The Balaban J connectivity index is 2.55. The Labute approximate surface area is 106 Å². The Bertz CT molecular complexity index is 458. The van der Waals surface area contributed by atoms with Gasteiger partial charge in [0.15, 0.2) is 0 Å². The van der Waals surface area contributed by atoms with Gasteiger partial charge in [0.25, 0.3) is 5.91 Å². The van der Waals surface area contributed by atoms with Crippen LogP contribution < -0.4 is 10.9 Å². The molecular weight excluding hydrogens is 235 g/mol. The summed E-state index contributed by atoms with van der Waals surface area (Å²) in [5, 5.41) is 0. The molecule has 2 amide bonds. The zero-order chi connectivity index (χ0) is 13.7. The molecule has 1 aromatic rings. The highest BCUT2D eigenvalue weighted by Gasteiger charge is 2.10. The number of halogens is 1. The van der Waals surface area contributed by atoms with Crippen LogP contribution in [-0.4, -0.2) is 11.8 Å². The number of hydrazine groups is 1. The van der Waals surface area contributed by atoms with Gasteiger partial charge in [-0.15, -0.1) is 0 Å². The van der Waals surface area contributed by atoms with Crippen molar-refractivity contribution in [2.24, 2.45) is 5.92 Å². The first-order chi connectivity index (χ1) is 8.40. The van der Waals surface area contributed by atoms with Crippen molar-refractivity contribution in [2.75, 3.05) is 0 Å². The topological polar surface area (TPSA) is 58.2 Å². The second-order valence-electron chi connectivity index (χ2n) is 4.56. The number of benzene rings is 1. The number of amides is 2. The maximum absolute atomic E-state index is 13.2. The van der Waals surface area contributed by atoms with Gasteiger partial charge in [0.1, 0.15) is 5.82 Å². The Kier molecular flexibility index (Phi) is 4.83. The number of rotatable bonds is 3. The lowest BCUT2D eigenvalue weighted by molar-refractivity contribution is -0.122. The zero-order valence-corrected chi connectivity index (χ0v) is 10.7. The quantitative estimate of drug-likeness (QED) is 0.808. The van der Waals surface area contributed by atoms with Gasteiger partial charge in [-0.3, -0.25) is 20.4 Å². The second kappa shape index (κ2) is 6.14. The molecule has 4 nitrogen and oxygen atoms in total. The standard InChI is InChI=1S/C13H17FN2O2/c1-8(2)6-12(17)15-16-13(18)10-5-4-9(3)11(14)7-10/h4-5,7-8H,6H2,1-3H3,(H,15,17)(H,16,18). The van der Waals surface area contributed by atoms with E-state index in [1.165, 1.54) is 12.1 Å². The summed E-state index contributed by atoms with van der Waals surface area (Å²) >= 11 is 0. The molecule has 1 rings (SSSR count). The monoisotopic (exact) mass is 252 g/mol. The molecule has 0 bridgehead atoms. The third-order valence-electron chi connectivity index (χ3n) is 2.34. The third kappa shape index (κ3) is 4.16. The van der Waals surface area contributed by atoms with Gasteiger partial charge in [-0.25, -0.2) is 4.39 Å². The Morgan fingerprint density at radius 3 is 2.50 bits per heavy atom. The van der Waals surface area contributed by atoms with Crippen LogP contribution in [0.5, 0.6) is 0 Å². The highest BCUT2D eigenvalue weighted by atomic mass is 19.1. The van der Waals surface area contributed by atoms with Gasteiger partial charge in [0.05, 0.1) is 0 Å². The molecule has 1 aromatic carbocycles. The molecule has 0 fully saturated rings. The van der Waals surface area contributed by atoms with E-state index in [0.29, 0.717) is 12.0 Å². The van der Waals surface area contributed by atoms with E-state index in [9.17, 15) is 14.0 Å². The highest BCUT2D eigenvalue weighted by molar-refractivity contribution is 5.95. The fraction of sp³-hybridized carbons (Fsp3) is 0.385. The molecule has 0 aromatic heterocycles. The molecule has 0 unspecified atom stereocenters. The van der Waals surface area contributed by atoms with Gasteiger partial charge in [0.2, 0.25) is 5.91 Å². The molecule has 0 aliphatic rings. The van der Waals surface area contributed by atoms with Crippen molar-refractivity contribution < 1.29 is 14.0 Å². The normalized spacial score (nSPS) is 10.3. The maximum atomic E-state index is 13.2. The maximum Gasteiger partial charge on any atom is 0.269 e. The molecule has 0 aliphatic carbocycles. The fourth-order valence-electron chi connectivity index (χ4n) is 1.35. The van der Waals surface area contributed by atoms with Crippen molar-refractivity contribution in [1.29, 1.82) is 0 Å². The van der Waals surface area contributed by atoms with Gasteiger partial charge >= 0.3 is 0 Å². The van der Waals surface area contributed by atoms with E-state index < -0.39 is 11.7 Å².